The fourth-order valence-electron chi connectivity index (χ4n) is 3.98. The molecule has 1 spiro atoms. The second kappa shape index (κ2) is 7.79. The van der Waals surface area contributed by atoms with Crippen molar-refractivity contribution in [2.75, 3.05) is 59.7 Å². The summed E-state index contributed by atoms with van der Waals surface area (Å²) in [7, 11) is 1.78. The molecule has 0 amide bonds. The Morgan fingerprint density at radius 3 is 2.87 bits per heavy atom. The molecule has 0 aromatic carbocycles. The van der Waals surface area contributed by atoms with E-state index >= 15 is 0 Å². The van der Waals surface area contributed by atoms with Crippen molar-refractivity contribution >= 4 is 0 Å². The van der Waals surface area contributed by atoms with Crippen LogP contribution in [0.2, 0.25) is 0 Å². The van der Waals surface area contributed by atoms with Crippen LogP contribution < -0.4 is 0 Å². The first-order valence-corrected chi connectivity index (χ1v) is 8.76. The van der Waals surface area contributed by atoms with E-state index in [1.165, 1.54) is 12.8 Å². The van der Waals surface area contributed by atoms with E-state index < -0.39 is 0 Å². The normalized spacial score (nSPS) is 27.4. The van der Waals surface area contributed by atoms with Crippen molar-refractivity contribution in [2.24, 2.45) is 5.41 Å². The zero-order valence-electron chi connectivity index (χ0n) is 14.6. The van der Waals surface area contributed by atoms with Crippen LogP contribution in [0.25, 0.3) is 0 Å². The Hall–Kier alpha value is -0.880. The van der Waals surface area contributed by atoms with E-state index in [2.05, 4.69) is 21.9 Å². The van der Waals surface area contributed by atoms with Gasteiger partial charge in [-0.3, -0.25) is 9.80 Å². The van der Waals surface area contributed by atoms with Gasteiger partial charge in [-0.1, -0.05) is 0 Å². The molecule has 1 aromatic heterocycles. The van der Waals surface area contributed by atoms with Crippen LogP contribution in [0.5, 0.6) is 0 Å². The third-order valence-corrected chi connectivity index (χ3v) is 5.05. The molecule has 2 aliphatic heterocycles. The number of furan rings is 1. The van der Waals surface area contributed by atoms with Gasteiger partial charge in [0.25, 0.3) is 0 Å². The SMILES string of the molecule is COCCN1CCOC[C@]2(CCCN(Cc3ccc(C)o3)C2)C1. The molecule has 130 valence electrons. The molecular formula is C18H30N2O3. The standard InChI is InChI=1S/C18H30N2O3/c1-16-4-5-17(23-16)12-20-7-3-6-18(14-20)13-19(8-10-21-2)9-11-22-15-18/h4-5H,3,6-15H2,1-2H3/t18-/m1/s1. The molecule has 0 N–H and O–H groups in total. The molecule has 2 fully saturated rings. The van der Waals surface area contributed by atoms with Crippen LogP contribution in [0, 0.1) is 12.3 Å². The Balaban J connectivity index is 1.62. The van der Waals surface area contributed by atoms with E-state index in [1.54, 1.807) is 7.11 Å². The third kappa shape index (κ3) is 4.57. The van der Waals surface area contributed by atoms with Gasteiger partial charge in [0.1, 0.15) is 11.5 Å². The summed E-state index contributed by atoms with van der Waals surface area (Å²) in [6.07, 6.45) is 2.49. The van der Waals surface area contributed by atoms with Crippen molar-refractivity contribution < 1.29 is 13.9 Å². The van der Waals surface area contributed by atoms with Gasteiger partial charge in [-0.25, -0.2) is 0 Å². The Labute approximate surface area is 139 Å². The molecule has 0 radical (unpaired) electrons. The highest BCUT2D eigenvalue weighted by Crippen LogP contribution is 2.33. The largest absolute Gasteiger partial charge is 0.465 e. The maximum absolute atomic E-state index is 5.97. The highest BCUT2D eigenvalue weighted by molar-refractivity contribution is 5.06. The van der Waals surface area contributed by atoms with Crippen LogP contribution in [0.1, 0.15) is 24.4 Å². The summed E-state index contributed by atoms with van der Waals surface area (Å²) in [5.41, 5.74) is 0.254. The van der Waals surface area contributed by atoms with Crippen LogP contribution in [0.3, 0.4) is 0 Å². The summed E-state index contributed by atoms with van der Waals surface area (Å²) in [6.45, 7) is 10.8. The first kappa shape index (κ1) is 17.0. The van der Waals surface area contributed by atoms with E-state index in [-0.39, 0.29) is 5.41 Å². The average molecular weight is 322 g/mol. The van der Waals surface area contributed by atoms with E-state index in [4.69, 9.17) is 13.9 Å². The molecule has 3 rings (SSSR count). The van der Waals surface area contributed by atoms with Gasteiger partial charge in [0.15, 0.2) is 0 Å². The lowest BCUT2D eigenvalue weighted by Gasteiger charge is -2.43. The van der Waals surface area contributed by atoms with Crippen molar-refractivity contribution in [1.82, 2.24) is 9.80 Å². The third-order valence-electron chi connectivity index (χ3n) is 5.05. The van der Waals surface area contributed by atoms with Crippen molar-refractivity contribution in [3.05, 3.63) is 23.7 Å². The Morgan fingerprint density at radius 1 is 1.22 bits per heavy atom. The highest BCUT2D eigenvalue weighted by Gasteiger charge is 2.38. The van der Waals surface area contributed by atoms with Crippen LogP contribution in [0.15, 0.2) is 16.5 Å². The van der Waals surface area contributed by atoms with Gasteiger partial charge < -0.3 is 13.9 Å². The lowest BCUT2D eigenvalue weighted by Crippen LogP contribution is -2.50. The number of hydrogen-bond acceptors (Lipinski definition) is 5. The van der Waals surface area contributed by atoms with E-state index in [0.717, 1.165) is 70.6 Å². The lowest BCUT2D eigenvalue weighted by molar-refractivity contribution is -0.000237. The molecule has 23 heavy (non-hydrogen) atoms. The number of likely N-dealkylation sites (tertiary alicyclic amines) is 1. The van der Waals surface area contributed by atoms with Gasteiger partial charge in [0.05, 0.1) is 26.4 Å². The van der Waals surface area contributed by atoms with Gasteiger partial charge in [-0.2, -0.15) is 0 Å². The first-order valence-electron chi connectivity index (χ1n) is 8.76. The lowest BCUT2D eigenvalue weighted by atomic mass is 9.80. The maximum Gasteiger partial charge on any atom is 0.118 e. The maximum atomic E-state index is 5.97. The molecule has 0 bridgehead atoms. The molecule has 3 heterocycles. The molecule has 5 nitrogen and oxygen atoms in total. The predicted octanol–water partition coefficient (Wildman–Crippen LogP) is 2.15. The fraction of sp³-hybridized carbons (Fsp3) is 0.778. The summed E-state index contributed by atoms with van der Waals surface area (Å²) < 4.78 is 17.0. The van der Waals surface area contributed by atoms with Gasteiger partial charge in [-0.15, -0.1) is 0 Å². The first-order chi connectivity index (χ1) is 11.2. The second-order valence-corrected chi connectivity index (χ2v) is 7.15. The summed E-state index contributed by atoms with van der Waals surface area (Å²) in [4.78, 5) is 5.04. The Kier molecular flexibility index (Phi) is 5.75. The molecule has 1 atom stereocenters. The molecule has 2 aliphatic rings. The van der Waals surface area contributed by atoms with Crippen LogP contribution in [-0.4, -0.2) is 69.5 Å². The fourth-order valence-corrected chi connectivity index (χ4v) is 3.98. The number of hydrogen-bond donors (Lipinski definition) is 0. The monoisotopic (exact) mass is 322 g/mol. The Morgan fingerprint density at radius 2 is 2.09 bits per heavy atom. The minimum atomic E-state index is 0.254. The molecular weight excluding hydrogens is 292 g/mol. The minimum absolute atomic E-state index is 0.254. The molecule has 2 saturated heterocycles. The zero-order chi connectivity index (χ0) is 16.1. The smallest absolute Gasteiger partial charge is 0.118 e. The molecule has 0 saturated carbocycles. The number of nitrogens with zero attached hydrogens (tertiary/aromatic N) is 2. The van der Waals surface area contributed by atoms with Crippen LogP contribution in [0.4, 0.5) is 0 Å². The second-order valence-electron chi connectivity index (χ2n) is 7.15. The number of rotatable bonds is 5. The van der Waals surface area contributed by atoms with Crippen molar-refractivity contribution in [3.63, 3.8) is 0 Å². The number of methoxy groups -OCH3 is 1. The highest BCUT2D eigenvalue weighted by atomic mass is 16.5. The summed E-state index contributed by atoms with van der Waals surface area (Å²) in [5, 5.41) is 0. The van der Waals surface area contributed by atoms with Crippen LogP contribution >= 0.6 is 0 Å². The topological polar surface area (TPSA) is 38.1 Å². The molecule has 1 aromatic rings. The van der Waals surface area contributed by atoms with Gasteiger partial charge in [0, 0.05) is 38.7 Å². The quantitative estimate of drug-likeness (QED) is 0.830. The predicted molar refractivity (Wildman–Crippen MR) is 89.5 cm³/mol. The van der Waals surface area contributed by atoms with Crippen molar-refractivity contribution in [3.8, 4) is 0 Å². The summed E-state index contributed by atoms with van der Waals surface area (Å²) in [5.74, 6) is 2.07. The molecule has 0 aliphatic carbocycles. The molecule has 5 heteroatoms. The summed E-state index contributed by atoms with van der Waals surface area (Å²) in [6, 6.07) is 4.15. The van der Waals surface area contributed by atoms with Crippen LogP contribution in [-0.2, 0) is 16.0 Å². The van der Waals surface area contributed by atoms with E-state index in [1.807, 2.05) is 6.92 Å². The van der Waals surface area contributed by atoms with Gasteiger partial charge in [-0.05, 0) is 38.4 Å². The number of ether oxygens (including phenoxy) is 2. The minimum Gasteiger partial charge on any atom is -0.465 e. The number of aryl methyl sites for hydroxylation is 1. The average Bonchev–Trinajstić information content (AvgIpc) is 2.84. The molecule has 0 unspecified atom stereocenters. The zero-order valence-corrected chi connectivity index (χ0v) is 14.6. The van der Waals surface area contributed by atoms with Crippen molar-refractivity contribution in [1.29, 1.82) is 0 Å². The summed E-state index contributed by atoms with van der Waals surface area (Å²) >= 11 is 0. The van der Waals surface area contributed by atoms with E-state index in [9.17, 15) is 0 Å². The van der Waals surface area contributed by atoms with Crippen molar-refractivity contribution in [2.45, 2.75) is 26.3 Å². The van der Waals surface area contributed by atoms with Gasteiger partial charge in [0.2, 0.25) is 0 Å². The van der Waals surface area contributed by atoms with Gasteiger partial charge >= 0.3 is 0 Å². The number of piperidine rings is 1. The van der Waals surface area contributed by atoms with E-state index in [0.29, 0.717) is 0 Å². The Bertz CT molecular complexity index is 490.